The van der Waals surface area contributed by atoms with Gasteiger partial charge in [0.1, 0.15) is 6.61 Å². The van der Waals surface area contributed by atoms with E-state index >= 15 is 0 Å². The van der Waals surface area contributed by atoms with Gasteiger partial charge in [-0.05, 0) is 12.8 Å². The number of rotatable bonds is 1. The molecule has 4 nitrogen and oxygen atoms in total. The average molecular weight is 180 g/mol. The summed E-state index contributed by atoms with van der Waals surface area (Å²) < 4.78 is 5.15. The molecule has 0 N–H and O–H groups in total. The number of carbonyl (C=O) groups excluding carboxylic acids is 1. The van der Waals surface area contributed by atoms with Gasteiger partial charge < -0.3 is 9.64 Å². The number of nitriles is 1. The number of ether oxygens (including phenoxy) is 1. The van der Waals surface area contributed by atoms with Crippen LogP contribution in [0.3, 0.4) is 0 Å². The standard InChI is InChI=1S/C9H12N2O2/c10-4-3-7-1-2-8-5-13-6-9(12)11(7)8/h7-8H,1-3,5-6H2. The predicted molar refractivity (Wildman–Crippen MR) is 44.7 cm³/mol. The number of carbonyl (C=O) groups is 1. The van der Waals surface area contributed by atoms with Crippen LogP contribution in [0, 0.1) is 11.3 Å². The molecule has 70 valence electrons. The third kappa shape index (κ3) is 1.40. The summed E-state index contributed by atoms with van der Waals surface area (Å²) >= 11 is 0. The van der Waals surface area contributed by atoms with E-state index in [1.54, 1.807) is 0 Å². The van der Waals surface area contributed by atoms with E-state index in [0.29, 0.717) is 13.0 Å². The van der Waals surface area contributed by atoms with Crippen molar-refractivity contribution in [3.8, 4) is 6.07 Å². The maximum atomic E-state index is 11.5. The minimum absolute atomic E-state index is 0.0500. The second kappa shape index (κ2) is 3.35. The molecule has 0 aromatic heterocycles. The quantitative estimate of drug-likeness (QED) is 0.582. The van der Waals surface area contributed by atoms with Crippen molar-refractivity contribution < 1.29 is 9.53 Å². The van der Waals surface area contributed by atoms with Gasteiger partial charge in [-0.15, -0.1) is 0 Å². The lowest BCUT2D eigenvalue weighted by Crippen LogP contribution is -2.49. The van der Waals surface area contributed by atoms with Crippen molar-refractivity contribution in [1.29, 1.82) is 5.26 Å². The summed E-state index contributed by atoms with van der Waals surface area (Å²) in [6.07, 6.45) is 2.40. The highest BCUT2D eigenvalue weighted by molar-refractivity contribution is 5.79. The second-order valence-electron chi connectivity index (χ2n) is 3.56. The van der Waals surface area contributed by atoms with Gasteiger partial charge in [0.25, 0.3) is 0 Å². The molecule has 13 heavy (non-hydrogen) atoms. The van der Waals surface area contributed by atoms with Crippen LogP contribution in [0.15, 0.2) is 0 Å². The van der Waals surface area contributed by atoms with E-state index in [1.807, 2.05) is 4.90 Å². The number of hydrogen-bond donors (Lipinski definition) is 0. The summed E-state index contributed by atoms with van der Waals surface area (Å²) in [5, 5.41) is 8.58. The van der Waals surface area contributed by atoms with E-state index in [9.17, 15) is 4.79 Å². The molecule has 0 saturated carbocycles. The summed E-state index contributed by atoms with van der Waals surface area (Å²) in [6.45, 7) is 0.839. The zero-order valence-electron chi connectivity index (χ0n) is 7.40. The van der Waals surface area contributed by atoms with Gasteiger partial charge in [0.05, 0.1) is 25.1 Å². The first-order valence-corrected chi connectivity index (χ1v) is 4.59. The molecule has 4 heteroatoms. The van der Waals surface area contributed by atoms with Crippen molar-refractivity contribution in [1.82, 2.24) is 4.90 Å². The van der Waals surface area contributed by atoms with E-state index in [4.69, 9.17) is 10.00 Å². The predicted octanol–water partition coefficient (Wildman–Crippen LogP) is 0.290. The second-order valence-corrected chi connectivity index (χ2v) is 3.56. The molecule has 2 aliphatic heterocycles. The van der Waals surface area contributed by atoms with Crippen LogP contribution in [0.4, 0.5) is 0 Å². The van der Waals surface area contributed by atoms with Crippen molar-refractivity contribution in [2.24, 2.45) is 0 Å². The van der Waals surface area contributed by atoms with E-state index in [2.05, 4.69) is 6.07 Å². The van der Waals surface area contributed by atoms with Gasteiger partial charge in [0.2, 0.25) is 5.91 Å². The summed E-state index contributed by atoms with van der Waals surface area (Å²) in [6, 6.07) is 2.51. The Hall–Kier alpha value is -1.08. The van der Waals surface area contributed by atoms with Crippen molar-refractivity contribution in [3.63, 3.8) is 0 Å². The first-order chi connectivity index (χ1) is 6.33. The van der Waals surface area contributed by atoms with Gasteiger partial charge in [-0.3, -0.25) is 4.79 Å². The Bertz CT molecular complexity index is 259. The van der Waals surface area contributed by atoms with E-state index in [0.717, 1.165) is 12.8 Å². The normalized spacial score (nSPS) is 32.8. The van der Waals surface area contributed by atoms with Crippen LogP contribution >= 0.6 is 0 Å². The average Bonchev–Trinajstić information content (AvgIpc) is 2.51. The van der Waals surface area contributed by atoms with Crippen LogP contribution in [-0.2, 0) is 9.53 Å². The van der Waals surface area contributed by atoms with Crippen LogP contribution in [0.5, 0.6) is 0 Å². The van der Waals surface area contributed by atoms with Crippen LogP contribution < -0.4 is 0 Å². The highest BCUT2D eigenvalue weighted by Crippen LogP contribution is 2.28. The van der Waals surface area contributed by atoms with Crippen LogP contribution in [-0.4, -0.2) is 36.1 Å². The third-order valence-electron chi connectivity index (χ3n) is 2.77. The lowest BCUT2D eigenvalue weighted by atomic mass is 10.1. The van der Waals surface area contributed by atoms with Gasteiger partial charge >= 0.3 is 0 Å². The fraction of sp³-hybridized carbons (Fsp3) is 0.778. The summed E-state index contributed by atoms with van der Waals surface area (Å²) in [4.78, 5) is 13.3. The van der Waals surface area contributed by atoms with Crippen LogP contribution in [0.25, 0.3) is 0 Å². The first-order valence-electron chi connectivity index (χ1n) is 4.59. The molecule has 1 amide bonds. The first kappa shape index (κ1) is 8.52. The Balaban J connectivity index is 2.09. The zero-order chi connectivity index (χ0) is 9.26. The van der Waals surface area contributed by atoms with Crippen molar-refractivity contribution in [2.45, 2.75) is 31.3 Å². The Labute approximate surface area is 77.1 Å². The smallest absolute Gasteiger partial charge is 0.249 e. The highest BCUT2D eigenvalue weighted by Gasteiger charge is 2.39. The summed E-state index contributed by atoms with van der Waals surface area (Å²) in [5.74, 6) is 0.0500. The Morgan fingerprint density at radius 1 is 1.62 bits per heavy atom. The maximum absolute atomic E-state index is 11.5. The molecule has 0 spiro atoms. The van der Waals surface area contributed by atoms with Crippen LogP contribution in [0.2, 0.25) is 0 Å². The number of hydrogen-bond acceptors (Lipinski definition) is 3. The Kier molecular flexibility index (Phi) is 2.19. The number of morpholine rings is 1. The molecule has 2 aliphatic rings. The van der Waals surface area contributed by atoms with Gasteiger partial charge in [-0.2, -0.15) is 5.26 Å². The minimum Gasteiger partial charge on any atom is -0.369 e. The SMILES string of the molecule is N#CCC1CCC2COCC(=O)N12. The lowest BCUT2D eigenvalue weighted by molar-refractivity contribution is -0.147. The number of amides is 1. The van der Waals surface area contributed by atoms with Gasteiger partial charge in [-0.25, -0.2) is 0 Å². The molecule has 0 aromatic rings. The van der Waals surface area contributed by atoms with Crippen molar-refractivity contribution in [3.05, 3.63) is 0 Å². The number of nitrogens with zero attached hydrogens (tertiary/aromatic N) is 2. The van der Waals surface area contributed by atoms with Crippen molar-refractivity contribution in [2.75, 3.05) is 13.2 Å². The third-order valence-corrected chi connectivity index (χ3v) is 2.77. The molecule has 2 rings (SSSR count). The molecule has 2 saturated heterocycles. The molecule has 2 fully saturated rings. The van der Waals surface area contributed by atoms with E-state index in [1.165, 1.54) is 0 Å². The van der Waals surface area contributed by atoms with Crippen molar-refractivity contribution >= 4 is 5.91 Å². The van der Waals surface area contributed by atoms with Crippen LogP contribution in [0.1, 0.15) is 19.3 Å². The maximum Gasteiger partial charge on any atom is 0.249 e. The molecule has 2 atom stereocenters. The largest absolute Gasteiger partial charge is 0.369 e. The fourth-order valence-corrected chi connectivity index (χ4v) is 2.19. The lowest BCUT2D eigenvalue weighted by Gasteiger charge is -2.33. The zero-order valence-corrected chi connectivity index (χ0v) is 7.40. The fourth-order valence-electron chi connectivity index (χ4n) is 2.19. The molecule has 0 bridgehead atoms. The monoisotopic (exact) mass is 180 g/mol. The Morgan fingerprint density at radius 2 is 2.46 bits per heavy atom. The molecule has 0 radical (unpaired) electrons. The molecule has 2 unspecified atom stereocenters. The summed E-state index contributed by atoms with van der Waals surface area (Å²) in [7, 11) is 0. The van der Waals surface area contributed by atoms with Gasteiger partial charge in [0, 0.05) is 6.04 Å². The topological polar surface area (TPSA) is 53.3 Å². The molecular weight excluding hydrogens is 168 g/mol. The molecule has 2 heterocycles. The van der Waals surface area contributed by atoms with Gasteiger partial charge in [0.15, 0.2) is 0 Å². The molecule has 0 aliphatic carbocycles. The minimum atomic E-state index is 0.0500. The highest BCUT2D eigenvalue weighted by atomic mass is 16.5. The molecule has 0 aromatic carbocycles. The van der Waals surface area contributed by atoms with Gasteiger partial charge in [-0.1, -0.05) is 0 Å². The van der Waals surface area contributed by atoms with E-state index in [-0.39, 0.29) is 24.6 Å². The Morgan fingerprint density at radius 3 is 3.23 bits per heavy atom. The van der Waals surface area contributed by atoms with E-state index < -0.39 is 0 Å². The molecular formula is C9H12N2O2. The summed E-state index contributed by atoms with van der Waals surface area (Å²) in [5.41, 5.74) is 0. The number of fused-ring (bicyclic) bond motifs is 1.